The molecule has 4 heteroatoms. The molecule has 0 saturated carbocycles. The van der Waals surface area contributed by atoms with Gasteiger partial charge in [-0.2, -0.15) is 0 Å². The highest BCUT2D eigenvalue weighted by molar-refractivity contribution is 9.11. The van der Waals surface area contributed by atoms with E-state index in [9.17, 15) is 0 Å². The third-order valence-corrected chi connectivity index (χ3v) is 2.39. The van der Waals surface area contributed by atoms with E-state index in [0.717, 1.165) is 19.6 Å². The van der Waals surface area contributed by atoms with Crippen molar-refractivity contribution >= 4 is 23.0 Å². The predicted octanol–water partition coefficient (Wildman–Crippen LogP) is 2.53. The highest BCUT2D eigenvalue weighted by Gasteiger charge is 2.20. The second-order valence-electron chi connectivity index (χ2n) is 2.83. The second-order valence-corrected chi connectivity index (χ2v) is 3.85. The van der Waals surface area contributed by atoms with Gasteiger partial charge in [-0.05, 0) is 23.3 Å². The van der Waals surface area contributed by atoms with Gasteiger partial charge < -0.3 is 9.31 Å². The lowest BCUT2D eigenvalue weighted by atomic mass is 9.90. The first-order chi connectivity index (χ1) is 5.83. The van der Waals surface area contributed by atoms with E-state index in [4.69, 9.17) is 9.31 Å². The van der Waals surface area contributed by atoms with Crippen molar-refractivity contribution in [1.82, 2.24) is 0 Å². The van der Waals surface area contributed by atoms with Crippen LogP contribution in [0.1, 0.15) is 26.2 Å². The normalized spacial score (nSPS) is 18.8. The molecule has 0 aromatic carbocycles. The van der Waals surface area contributed by atoms with Crippen LogP contribution in [0.25, 0.3) is 0 Å². The van der Waals surface area contributed by atoms with Crippen LogP contribution in [0.4, 0.5) is 0 Å². The van der Waals surface area contributed by atoms with Crippen LogP contribution in [0.3, 0.4) is 0 Å². The molecular formula is C8H14BBrO2. The largest absolute Gasteiger partial charge is 0.487 e. The van der Waals surface area contributed by atoms with Gasteiger partial charge in [0.05, 0.1) is 13.2 Å². The van der Waals surface area contributed by atoms with Gasteiger partial charge in [-0.1, -0.05) is 29.3 Å². The van der Waals surface area contributed by atoms with Crippen molar-refractivity contribution in [3.63, 3.8) is 0 Å². The summed E-state index contributed by atoms with van der Waals surface area (Å²) < 4.78 is 11.7. The standard InChI is InChI=1S/C8H14BBrO2/c1-2-3-4-8(10)7-9-11-5-6-12-9/h7H,2-6H2,1H3/b8-7-. The number of hydrogen-bond donors (Lipinski definition) is 0. The number of allylic oxidation sites excluding steroid dienone is 1. The van der Waals surface area contributed by atoms with Gasteiger partial charge in [-0.25, -0.2) is 0 Å². The molecule has 0 amide bonds. The molecule has 0 atom stereocenters. The van der Waals surface area contributed by atoms with Crippen LogP contribution in [0, 0.1) is 0 Å². The first-order valence-corrected chi connectivity index (χ1v) is 5.21. The predicted molar refractivity (Wildman–Crippen MR) is 54.2 cm³/mol. The van der Waals surface area contributed by atoms with Gasteiger partial charge in [-0.15, -0.1) is 0 Å². The molecule has 0 unspecified atom stereocenters. The highest BCUT2D eigenvalue weighted by Crippen LogP contribution is 2.16. The van der Waals surface area contributed by atoms with E-state index in [1.54, 1.807) is 0 Å². The van der Waals surface area contributed by atoms with Crippen LogP contribution in [-0.4, -0.2) is 20.3 Å². The monoisotopic (exact) mass is 232 g/mol. The van der Waals surface area contributed by atoms with Crippen LogP contribution in [0.5, 0.6) is 0 Å². The molecule has 1 aliphatic rings. The van der Waals surface area contributed by atoms with Gasteiger partial charge in [0.25, 0.3) is 0 Å². The average molecular weight is 233 g/mol. The summed E-state index contributed by atoms with van der Waals surface area (Å²) in [6.07, 6.45) is 3.51. The molecule has 0 aliphatic carbocycles. The Morgan fingerprint density at radius 1 is 1.50 bits per heavy atom. The Morgan fingerprint density at radius 2 is 2.17 bits per heavy atom. The fraction of sp³-hybridized carbons (Fsp3) is 0.750. The summed E-state index contributed by atoms with van der Waals surface area (Å²) in [5.74, 6) is 2.00. The SMILES string of the molecule is CCCC/C(Br)=C/B1OCCO1. The fourth-order valence-electron chi connectivity index (χ4n) is 1.05. The molecule has 0 aromatic rings. The zero-order chi connectivity index (χ0) is 8.81. The van der Waals surface area contributed by atoms with Crippen molar-refractivity contribution in [2.45, 2.75) is 26.2 Å². The van der Waals surface area contributed by atoms with Crippen molar-refractivity contribution < 1.29 is 9.31 Å². The first kappa shape index (κ1) is 10.3. The molecule has 2 nitrogen and oxygen atoms in total. The maximum absolute atomic E-state index is 5.27. The molecule has 1 rings (SSSR count). The van der Waals surface area contributed by atoms with Gasteiger partial charge in [0.2, 0.25) is 0 Å². The first-order valence-electron chi connectivity index (χ1n) is 4.42. The van der Waals surface area contributed by atoms with Crippen LogP contribution in [-0.2, 0) is 9.31 Å². The van der Waals surface area contributed by atoms with E-state index in [2.05, 4.69) is 22.9 Å². The molecule has 0 radical (unpaired) electrons. The zero-order valence-electron chi connectivity index (χ0n) is 7.38. The lowest BCUT2D eigenvalue weighted by Crippen LogP contribution is -2.10. The van der Waals surface area contributed by atoms with Crippen molar-refractivity contribution in [3.8, 4) is 0 Å². The van der Waals surface area contributed by atoms with Crippen LogP contribution in [0.15, 0.2) is 10.5 Å². The quantitative estimate of drug-likeness (QED) is 0.694. The summed E-state index contributed by atoms with van der Waals surface area (Å²) in [7, 11) is -0.115. The minimum absolute atomic E-state index is 0.115. The summed E-state index contributed by atoms with van der Waals surface area (Å²) in [6.45, 7) is 3.62. The molecule has 1 heterocycles. The topological polar surface area (TPSA) is 18.5 Å². The highest BCUT2D eigenvalue weighted by atomic mass is 79.9. The number of rotatable bonds is 4. The van der Waals surface area contributed by atoms with Gasteiger partial charge in [0.15, 0.2) is 0 Å². The van der Waals surface area contributed by atoms with Gasteiger partial charge >= 0.3 is 7.12 Å². The van der Waals surface area contributed by atoms with Crippen LogP contribution >= 0.6 is 15.9 Å². The van der Waals surface area contributed by atoms with E-state index in [0.29, 0.717) is 0 Å². The van der Waals surface area contributed by atoms with Gasteiger partial charge in [-0.3, -0.25) is 0 Å². The summed E-state index contributed by atoms with van der Waals surface area (Å²) in [5, 5.41) is 0. The third-order valence-electron chi connectivity index (χ3n) is 1.73. The number of halogens is 1. The maximum atomic E-state index is 5.27. The minimum atomic E-state index is -0.115. The number of hydrogen-bond acceptors (Lipinski definition) is 2. The Labute approximate surface area is 82.6 Å². The average Bonchev–Trinajstić information content (AvgIpc) is 2.53. The molecule has 0 aromatic heterocycles. The smallest absolute Gasteiger partial charge is 0.405 e. The third kappa shape index (κ3) is 3.74. The van der Waals surface area contributed by atoms with Crippen molar-refractivity contribution in [2.24, 2.45) is 0 Å². The van der Waals surface area contributed by atoms with Crippen molar-refractivity contribution in [3.05, 3.63) is 10.5 Å². The zero-order valence-corrected chi connectivity index (χ0v) is 8.97. The Morgan fingerprint density at radius 3 is 2.75 bits per heavy atom. The minimum Gasteiger partial charge on any atom is -0.405 e. The van der Waals surface area contributed by atoms with E-state index in [-0.39, 0.29) is 7.12 Å². The molecule has 1 aliphatic heterocycles. The molecule has 12 heavy (non-hydrogen) atoms. The summed E-state index contributed by atoms with van der Waals surface area (Å²) in [4.78, 5) is 0. The van der Waals surface area contributed by atoms with E-state index >= 15 is 0 Å². The Kier molecular flexibility index (Phi) is 4.96. The molecule has 1 fully saturated rings. The Balaban J connectivity index is 2.23. The van der Waals surface area contributed by atoms with Gasteiger partial charge in [0, 0.05) is 0 Å². The Bertz CT molecular complexity index is 155. The maximum Gasteiger partial charge on any atom is 0.487 e. The van der Waals surface area contributed by atoms with E-state index in [1.807, 2.05) is 5.98 Å². The lowest BCUT2D eigenvalue weighted by molar-refractivity contribution is 0.365. The molecular weight excluding hydrogens is 219 g/mol. The van der Waals surface area contributed by atoms with Crippen LogP contribution in [0.2, 0.25) is 0 Å². The summed E-state index contributed by atoms with van der Waals surface area (Å²) in [5.41, 5.74) is 0. The van der Waals surface area contributed by atoms with Gasteiger partial charge in [0.1, 0.15) is 0 Å². The summed E-state index contributed by atoms with van der Waals surface area (Å²) >= 11 is 3.49. The molecule has 1 saturated heterocycles. The molecule has 0 spiro atoms. The molecule has 0 bridgehead atoms. The molecule has 68 valence electrons. The lowest BCUT2D eigenvalue weighted by Gasteiger charge is -1.99. The summed E-state index contributed by atoms with van der Waals surface area (Å²) in [6, 6.07) is 0. The second kappa shape index (κ2) is 5.78. The van der Waals surface area contributed by atoms with E-state index in [1.165, 1.54) is 17.3 Å². The fourth-order valence-corrected chi connectivity index (χ4v) is 1.55. The Hall–Kier alpha value is 0.205. The van der Waals surface area contributed by atoms with Crippen LogP contribution < -0.4 is 0 Å². The van der Waals surface area contributed by atoms with Crippen molar-refractivity contribution in [2.75, 3.05) is 13.2 Å². The van der Waals surface area contributed by atoms with Crippen molar-refractivity contribution in [1.29, 1.82) is 0 Å². The van der Waals surface area contributed by atoms with E-state index < -0.39 is 0 Å². The molecule has 0 N–H and O–H groups in total. The number of unbranched alkanes of at least 4 members (excludes halogenated alkanes) is 1.